The average molecular weight is 648 g/mol. The number of alkyl halides is 1. The minimum Gasteiger partial charge on any atom is -0.508 e. The van der Waals surface area contributed by atoms with Crippen LogP contribution in [0.15, 0.2) is 30.3 Å². The largest absolute Gasteiger partial charge is 0.508 e. The minimum absolute atomic E-state index is 0.0156. The Hall–Kier alpha value is -3.87. The molecular weight excluding hydrogens is 611 g/mol. The van der Waals surface area contributed by atoms with Gasteiger partial charge in [-0.3, -0.25) is 4.90 Å². The van der Waals surface area contributed by atoms with Crippen LogP contribution in [0.4, 0.5) is 19.0 Å². The monoisotopic (exact) mass is 647 g/mol. The molecule has 4 fully saturated rings. The molecule has 4 saturated heterocycles. The van der Waals surface area contributed by atoms with E-state index in [1.165, 1.54) is 6.07 Å². The summed E-state index contributed by atoms with van der Waals surface area (Å²) in [4.78, 5) is 13.3. The first kappa shape index (κ1) is 29.3. The molecule has 5 aliphatic rings. The molecule has 0 radical (unpaired) electrons. The van der Waals surface area contributed by atoms with Crippen LogP contribution in [-0.4, -0.2) is 93.9 Å². The number of halogens is 3. The van der Waals surface area contributed by atoms with Gasteiger partial charge in [0.25, 0.3) is 0 Å². The molecule has 3 N–H and O–H groups in total. The van der Waals surface area contributed by atoms with Crippen LogP contribution in [0.2, 0.25) is 0 Å². The van der Waals surface area contributed by atoms with E-state index in [2.05, 4.69) is 15.2 Å². The van der Waals surface area contributed by atoms with E-state index in [0.717, 1.165) is 18.4 Å². The number of nitrogens with zero attached hydrogens (tertiary/aromatic N) is 4. The zero-order valence-corrected chi connectivity index (χ0v) is 26.0. The lowest BCUT2D eigenvalue weighted by Crippen LogP contribution is -2.60. The van der Waals surface area contributed by atoms with E-state index in [-0.39, 0.29) is 83.8 Å². The topological polar surface area (TPSA) is 103 Å². The molecule has 5 aliphatic heterocycles. The number of phenols is 1. The molecule has 6 atom stereocenters. The highest BCUT2D eigenvalue weighted by atomic mass is 19.1. The molecule has 9 nitrogen and oxygen atoms in total. The van der Waals surface area contributed by atoms with Crippen LogP contribution >= 0.6 is 0 Å². The van der Waals surface area contributed by atoms with Gasteiger partial charge in [-0.05, 0) is 59.7 Å². The number of β-amino-alcohol motifs (C(OH)–C–C–N with tert-alkyl or cyclic N) is 1. The molecule has 0 spiro atoms. The third-order valence-electron chi connectivity index (χ3n) is 11.1. The molecule has 47 heavy (non-hydrogen) atoms. The number of ether oxygens (including phenoxy) is 2. The highest BCUT2D eigenvalue weighted by Gasteiger charge is 2.53. The molecule has 9 rings (SSSR count). The molecule has 12 heteroatoms. The van der Waals surface area contributed by atoms with Crippen LogP contribution in [0.1, 0.15) is 38.2 Å². The number of aliphatic hydroxyl groups excluding tert-OH is 1. The first-order chi connectivity index (χ1) is 22.7. The number of rotatable bonds is 5. The number of aliphatic hydroxyl groups is 1. The van der Waals surface area contributed by atoms with Gasteiger partial charge in [0.05, 0.1) is 28.6 Å². The van der Waals surface area contributed by atoms with E-state index in [9.17, 15) is 14.6 Å². The zero-order chi connectivity index (χ0) is 32.2. The van der Waals surface area contributed by atoms with Gasteiger partial charge in [-0.15, -0.1) is 0 Å². The summed E-state index contributed by atoms with van der Waals surface area (Å²) in [5.41, 5.74) is -0.137. The molecule has 0 amide bonds. The van der Waals surface area contributed by atoms with Crippen molar-refractivity contribution in [2.24, 2.45) is 0 Å². The first-order valence-electron chi connectivity index (χ1n) is 16.6. The highest BCUT2D eigenvalue weighted by molar-refractivity contribution is 6.05. The molecule has 4 aromatic rings. The van der Waals surface area contributed by atoms with Gasteiger partial charge >= 0.3 is 6.01 Å². The molecule has 3 unspecified atom stereocenters. The SMILES string of the molecule is CCc1cccc2cc(O)cc(-c3c(F)c4c5c(nc(OC[C@]67C[C@H](O)CN6C[C@H](F)C7)nc5c3F)N3CC5CCC(N5)C3CO4)c12. The molecule has 6 heterocycles. The van der Waals surface area contributed by atoms with Crippen molar-refractivity contribution >= 4 is 27.5 Å². The predicted octanol–water partition coefficient (Wildman–Crippen LogP) is 4.62. The maximum Gasteiger partial charge on any atom is 0.319 e. The number of phenolic OH excluding ortho intramolecular Hbond substituents is 1. The summed E-state index contributed by atoms with van der Waals surface area (Å²) in [5.74, 6) is -1.69. The normalized spacial score (nSPS) is 29.6. The Morgan fingerprint density at radius 3 is 2.81 bits per heavy atom. The maximum atomic E-state index is 17.1. The molecule has 2 bridgehead atoms. The Balaban J connectivity index is 1.25. The lowest BCUT2D eigenvalue weighted by Gasteiger charge is -2.40. The second-order valence-corrected chi connectivity index (χ2v) is 13.9. The van der Waals surface area contributed by atoms with E-state index in [4.69, 9.17) is 14.5 Å². The molecular formula is C35H36F3N5O4. The fourth-order valence-electron chi connectivity index (χ4n) is 9.05. The number of aromatic nitrogens is 2. The number of hydrogen-bond acceptors (Lipinski definition) is 9. The van der Waals surface area contributed by atoms with Gasteiger partial charge in [-0.2, -0.15) is 9.97 Å². The minimum atomic E-state index is -1.04. The number of benzene rings is 3. The predicted molar refractivity (Wildman–Crippen MR) is 170 cm³/mol. The van der Waals surface area contributed by atoms with Gasteiger partial charge in [0.15, 0.2) is 17.4 Å². The Kier molecular flexibility index (Phi) is 6.58. The van der Waals surface area contributed by atoms with Crippen LogP contribution < -0.4 is 19.7 Å². The van der Waals surface area contributed by atoms with Crippen molar-refractivity contribution in [1.82, 2.24) is 20.2 Å². The summed E-state index contributed by atoms with van der Waals surface area (Å²) in [6.07, 6.45) is 1.42. The lowest BCUT2D eigenvalue weighted by atomic mass is 9.91. The summed E-state index contributed by atoms with van der Waals surface area (Å²) in [6, 6.07) is 8.53. The van der Waals surface area contributed by atoms with Crippen LogP contribution in [0.25, 0.3) is 32.8 Å². The smallest absolute Gasteiger partial charge is 0.319 e. The standard InChI is InChI=1S/C35H36F3N5O4/c1-2-17-4-3-5-18-8-21(44)9-23(26(17)18)27-29(37)31-28-32(30(27)38)46-15-25-24-7-6-20(39-24)13-43(25)33(28)41-34(40-31)47-16-35-10-19(36)12-42(35)14-22(45)11-35/h3-5,8-9,19-20,22,24-25,39,44-45H,2,6-7,10-16H2,1H3/t19-,20?,22+,24?,25?,35+/m1/s1. The number of aryl methyl sites for hydroxylation is 1. The van der Waals surface area contributed by atoms with Crippen LogP contribution in [0, 0.1) is 11.6 Å². The third-order valence-corrected chi connectivity index (χ3v) is 11.1. The van der Waals surface area contributed by atoms with Gasteiger partial charge in [0, 0.05) is 38.1 Å². The summed E-state index contributed by atoms with van der Waals surface area (Å²) in [7, 11) is 0. The Labute approximate surface area is 269 Å². The quantitative estimate of drug-likeness (QED) is 0.286. The number of aromatic hydroxyl groups is 1. The van der Waals surface area contributed by atoms with Crippen molar-refractivity contribution in [2.45, 2.75) is 75.0 Å². The molecule has 0 aliphatic carbocycles. The van der Waals surface area contributed by atoms with Gasteiger partial charge in [0.1, 0.15) is 36.5 Å². The van der Waals surface area contributed by atoms with Crippen molar-refractivity contribution in [2.75, 3.05) is 37.7 Å². The Morgan fingerprint density at radius 1 is 1.09 bits per heavy atom. The second-order valence-electron chi connectivity index (χ2n) is 13.9. The number of fused-ring (bicyclic) bond motifs is 7. The fourth-order valence-corrected chi connectivity index (χ4v) is 9.05. The average Bonchev–Trinajstić information content (AvgIpc) is 3.63. The van der Waals surface area contributed by atoms with Gasteiger partial charge in [-0.25, -0.2) is 13.2 Å². The number of piperazine rings is 1. The molecule has 246 valence electrons. The summed E-state index contributed by atoms with van der Waals surface area (Å²) >= 11 is 0. The van der Waals surface area contributed by atoms with Crippen molar-refractivity contribution in [3.8, 4) is 28.6 Å². The van der Waals surface area contributed by atoms with Crippen molar-refractivity contribution in [3.05, 3.63) is 47.5 Å². The lowest BCUT2D eigenvalue weighted by molar-refractivity contribution is 0.106. The van der Waals surface area contributed by atoms with Crippen LogP contribution in [0.3, 0.4) is 0 Å². The van der Waals surface area contributed by atoms with Crippen molar-refractivity contribution in [1.29, 1.82) is 0 Å². The first-order valence-corrected chi connectivity index (χ1v) is 16.6. The van der Waals surface area contributed by atoms with Gasteiger partial charge in [0.2, 0.25) is 0 Å². The van der Waals surface area contributed by atoms with Crippen LogP contribution in [-0.2, 0) is 6.42 Å². The molecule has 1 aromatic heterocycles. The summed E-state index contributed by atoms with van der Waals surface area (Å²) in [5, 5.41) is 26.2. The van der Waals surface area contributed by atoms with Crippen molar-refractivity contribution in [3.63, 3.8) is 0 Å². The van der Waals surface area contributed by atoms with E-state index in [0.29, 0.717) is 42.5 Å². The zero-order valence-electron chi connectivity index (χ0n) is 26.0. The molecule has 3 aromatic carbocycles. The highest BCUT2D eigenvalue weighted by Crippen LogP contribution is 2.49. The fraction of sp³-hybridized carbons (Fsp3) is 0.486. The maximum absolute atomic E-state index is 17.1. The van der Waals surface area contributed by atoms with Crippen LogP contribution in [0.5, 0.6) is 17.5 Å². The van der Waals surface area contributed by atoms with E-state index >= 15 is 8.78 Å². The van der Waals surface area contributed by atoms with E-state index < -0.39 is 29.4 Å². The van der Waals surface area contributed by atoms with E-state index in [1.807, 2.05) is 24.0 Å². The Bertz CT molecular complexity index is 1930. The Morgan fingerprint density at radius 2 is 1.96 bits per heavy atom. The van der Waals surface area contributed by atoms with Crippen molar-refractivity contribution < 1.29 is 32.9 Å². The van der Waals surface area contributed by atoms with E-state index in [1.54, 1.807) is 12.1 Å². The van der Waals surface area contributed by atoms with Gasteiger partial charge in [-0.1, -0.05) is 25.1 Å². The number of nitrogens with one attached hydrogen (secondary N) is 1. The summed E-state index contributed by atoms with van der Waals surface area (Å²) in [6.45, 7) is 3.28. The number of anilines is 1. The number of hydrogen-bond donors (Lipinski definition) is 3. The summed E-state index contributed by atoms with van der Waals surface area (Å²) < 4.78 is 61.2. The second kappa shape index (κ2) is 10.6. The third kappa shape index (κ3) is 4.40. The van der Waals surface area contributed by atoms with Gasteiger partial charge < -0.3 is 29.9 Å². The molecule has 0 saturated carbocycles.